The predicted molar refractivity (Wildman–Crippen MR) is 83.6 cm³/mol. The highest BCUT2D eigenvalue weighted by Gasteiger charge is 2.20. The van der Waals surface area contributed by atoms with Crippen LogP contribution in [0.3, 0.4) is 0 Å². The summed E-state index contributed by atoms with van der Waals surface area (Å²) in [6.07, 6.45) is 5.49. The fourth-order valence-electron chi connectivity index (χ4n) is 2.60. The van der Waals surface area contributed by atoms with Crippen LogP contribution in [0.1, 0.15) is 44.7 Å². The minimum atomic E-state index is 0.624. The number of hydrogen-bond acceptors (Lipinski definition) is 1. The first kappa shape index (κ1) is 14.0. The molecule has 0 aromatic heterocycles. The van der Waals surface area contributed by atoms with Crippen molar-refractivity contribution in [3.63, 3.8) is 0 Å². The van der Waals surface area contributed by atoms with Gasteiger partial charge in [-0.05, 0) is 36.8 Å². The summed E-state index contributed by atoms with van der Waals surface area (Å²) in [4.78, 5) is 4.76. The molecule has 0 N–H and O–H groups in total. The van der Waals surface area contributed by atoms with Crippen LogP contribution in [0.2, 0.25) is 0 Å². The van der Waals surface area contributed by atoms with E-state index in [1.807, 2.05) is 0 Å². The van der Waals surface area contributed by atoms with Gasteiger partial charge in [-0.2, -0.15) is 0 Å². The van der Waals surface area contributed by atoms with E-state index in [2.05, 4.69) is 58.2 Å². The minimum absolute atomic E-state index is 0.624. The zero-order valence-electron chi connectivity index (χ0n) is 12.6. The zero-order chi connectivity index (χ0) is 13.8. The van der Waals surface area contributed by atoms with E-state index in [9.17, 15) is 0 Å². The average Bonchev–Trinajstić information content (AvgIpc) is 2.41. The van der Waals surface area contributed by atoms with Crippen LogP contribution in [-0.4, -0.2) is 5.71 Å². The first-order valence-corrected chi connectivity index (χ1v) is 7.41. The third-order valence-electron chi connectivity index (χ3n) is 4.09. The number of nitrogens with zero attached hydrogens (tertiary/aromatic N) is 1. The average molecular weight is 255 g/mol. The molecule has 1 atom stereocenters. The Bertz CT molecular complexity index is 477. The molecule has 19 heavy (non-hydrogen) atoms. The Morgan fingerprint density at radius 1 is 1.21 bits per heavy atom. The minimum Gasteiger partial charge on any atom is -0.265 e. The molecule has 1 aliphatic heterocycles. The Morgan fingerprint density at radius 3 is 2.47 bits per heavy atom. The standard InChI is InChI=1S/C18H25N/c1-5-16-11-17(13(2)3)12-19-18(16)10-15-8-6-14(4)7-9-15/h6-9,12-13,16H,5,10-11H2,1-4H3. The van der Waals surface area contributed by atoms with Gasteiger partial charge in [0.2, 0.25) is 0 Å². The van der Waals surface area contributed by atoms with Crippen molar-refractivity contribution < 1.29 is 0 Å². The van der Waals surface area contributed by atoms with Gasteiger partial charge in [-0.1, -0.05) is 50.6 Å². The van der Waals surface area contributed by atoms with Crippen molar-refractivity contribution in [3.05, 3.63) is 47.2 Å². The fourth-order valence-corrected chi connectivity index (χ4v) is 2.60. The molecule has 0 spiro atoms. The number of aliphatic imine (C=N–C) groups is 1. The van der Waals surface area contributed by atoms with Gasteiger partial charge in [0.1, 0.15) is 0 Å². The summed E-state index contributed by atoms with van der Waals surface area (Å²) in [7, 11) is 0. The molecule has 0 bridgehead atoms. The van der Waals surface area contributed by atoms with E-state index in [1.165, 1.54) is 35.3 Å². The first-order valence-electron chi connectivity index (χ1n) is 7.41. The molecule has 1 aromatic carbocycles. The summed E-state index contributed by atoms with van der Waals surface area (Å²) in [5.41, 5.74) is 5.56. The van der Waals surface area contributed by atoms with Crippen molar-refractivity contribution in [2.75, 3.05) is 0 Å². The maximum atomic E-state index is 4.76. The quantitative estimate of drug-likeness (QED) is 0.722. The van der Waals surface area contributed by atoms with E-state index < -0.39 is 0 Å². The topological polar surface area (TPSA) is 12.4 Å². The number of rotatable bonds is 4. The number of allylic oxidation sites excluding steroid dienone is 1. The molecule has 1 unspecified atom stereocenters. The van der Waals surface area contributed by atoms with Gasteiger partial charge in [-0.3, -0.25) is 4.99 Å². The molecule has 2 rings (SSSR count). The van der Waals surface area contributed by atoms with E-state index in [4.69, 9.17) is 4.99 Å². The maximum Gasteiger partial charge on any atom is 0.0262 e. The Kier molecular flexibility index (Phi) is 4.57. The molecule has 1 aliphatic rings. The molecule has 0 radical (unpaired) electrons. The van der Waals surface area contributed by atoms with Crippen molar-refractivity contribution in [2.24, 2.45) is 16.8 Å². The SMILES string of the molecule is CCC1CC(C(C)C)=CN=C1Cc1ccc(C)cc1. The highest BCUT2D eigenvalue weighted by molar-refractivity contribution is 5.90. The van der Waals surface area contributed by atoms with Gasteiger partial charge in [0, 0.05) is 24.3 Å². The molecule has 0 saturated heterocycles. The van der Waals surface area contributed by atoms with Gasteiger partial charge in [-0.15, -0.1) is 0 Å². The first-order chi connectivity index (χ1) is 9.10. The van der Waals surface area contributed by atoms with Crippen molar-refractivity contribution in [3.8, 4) is 0 Å². The van der Waals surface area contributed by atoms with E-state index >= 15 is 0 Å². The zero-order valence-corrected chi connectivity index (χ0v) is 12.6. The van der Waals surface area contributed by atoms with Gasteiger partial charge in [0.05, 0.1) is 0 Å². The summed E-state index contributed by atoms with van der Waals surface area (Å²) < 4.78 is 0. The molecule has 1 aromatic rings. The van der Waals surface area contributed by atoms with Crippen LogP contribution in [0, 0.1) is 18.8 Å². The van der Waals surface area contributed by atoms with Crippen molar-refractivity contribution in [2.45, 2.75) is 47.0 Å². The Labute approximate surface area is 117 Å². The Morgan fingerprint density at radius 2 is 1.89 bits per heavy atom. The fraction of sp³-hybridized carbons (Fsp3) is 0.500. The van der Waals surface area contributed by atoms with E-state index in [1.54, 1.807) is 0 Å². The van der Waals surface area contributed by atoms with Crippen LogP contribution in [0.25, 0.3) is 0 Å². The lowest BCUT2D eigenvalue weighted by atomic mass is 9.84. The van der Waals surface area contributed by atoms with Crippen LogP contribution in [0.4, 0.5) is 0 Å². The lowest BCUT2D eigenvalue weighted by molar-refractivity contribution is 0.585. The van der Waals surface area contributed by atoms with Crippen LogP contribution >= 0.6 is 0 Å². The van der Waals surface area contributed by atoms with Crippen molar-refractivity contribution in [1.82, 2.24) is 0 Å². The highest BCUT2D eigenvalue weighted by atomic mass is 14.7. The van der Waals surface area contributed by atoms with Crippen molar-refractivity contribution in [1.29, 1.82) is 0 Å². The molecule has 0 fully saturated rings. The van der Waals surface area contributed by atoms with Gasteiger partial charge in [0.25, 0.3) is 0 Å². The summed E-state index contributed by atoms with van der Waals surface area (Å²) in [5, 5.41) is 0. The molecular weight excluding hydrogens is 230 g/mol. The molecule has 1 heterocycles. The normalized spacial score (nSPS) is 19.3. The number of benzene rings is 1. The van der Waals surface area contributed by atoms with Crippen LogP contribution in [0.15, 0.2) is 41.0 Å². The molecule has 0 saturated carbocycles. The molecule has 1 heteroatoms. The van der Waals surface area contributed by atoms with E-state index in [0.717, 1.165) is 6.42 Å². The predicted octanol–water partition coefficient (Wildman–Crippen LogP) is 4.95. The summed E-state index contributed by atoms with van der Waals surface area (Å²) in [6, 6.07) is 8.84. The van der Waals surface area contributed by atoms with Gasteiger partial charge >= 0.3 is 0 Å². The monoisotopic (exact) mass is 255 g/mol. The van der Waals surface area contributed by atoms with Gasteiger partial charge in [0.15, 0.2) is 0 Å². The third kappa shape index (κ3) is 3.56. The second kappa shape index (κ2) is 6.18. The number of hydrogen-bond donors (Lipinski definition) is 0. The molecule has 102 valence electrons. The van der Waals surface area contributed by atoms with Crippen molar-refractivity contribution >= 4 is 5.71 Å². The lowest BCUT2D eigenvalue weighted by Crippen LogP contribution is -2.21. The van der Waals surface area contributed by atoms with Gasteiger partial charge in [-0.25, -0.2) is 0 Å². The Balaban J connectivity index is 2.15. The smallest absolute Gasteiger partial charge is 0.0262 e. The van der Waals surface area contributed by atoms with Crippen LogP contribution in [0.5, 0.6) is 0 Å². The Hall–Kier alpha value is -1.37. The second-order valence-corrected chi connectivity index (χ2v) is 5.95. The molecule has 0 aliphatic carbocycles. The van der Waals surface area contributed by atoms with Crippen LogP contribution < -0.4 is 0 Å². The third-order valence-corrected chi connectivity index (χ3v) is 4.09. The van der Waals surface area contributed by atoms with E-state index in [-0.39, 0.29) is 0 Å². The summed E-state index contributed by atoms with van der Waals surface area (Å²) in [6.45, 7) is 8.94. The maximum absolute atomic E-state index is 4.76. The summed E-state index contributed by atoms with van der Waals surface area (Å²) >= 11 is 0. The van der Waals surface area contributed by atoms with Gasteiger partial charge < -0.3 is 0 Å². The second-order valence-electron chi connectivity index (χ2n) is 5.95. The lowest BCUT2D eigenvalue weighted by Gasteiger charge is -2.24. The van der Waals surface area contributed by atoms with Crippen LogP contribution in [-0.2, 0) is 6.42 Å². The molecule has 1 nitrogen and oxygen atoms in total. The molecule has 0 amide bonds. The largest absolute Gasteiger partial charge is 0.265 e. The molecular formula is C18H25N. The number of aryl methyl sites for hydroxylation is 1. The summed E-state index contributed by atoms with van der Waals surface area (Å²) in [5.74, 6) is 1.25. The van der Waals surface area contributed by atoms with E-state index in [0.29, 0.717) is 11.8 Å². The highest BCUT2D eigenvalue weighted by Crippen LogP contribution is 2.28.